The molecule has 3 nitrogen and oxygen atoms in total. The molecule has 2 aromatic rings. The summed E-state index contributed by atoms with van der Waals surface area (Å²) < 4.78 is 36.6. The largest absolute Gasteiger partial charge is 0.446 e. The number of alkyl halides is 3. The summed E-state index contributed by atoms with van der Waals surface area (Å²) in [5, 5.41) is 2.67. The normalized spacial score (nSPS) is 11.6. The van der Waals surface area contributed by atoms with E-state index in [2.05, 4.69) is 10.3 Å². The number of amides is 1. The van der Waals surface area contributed by atoms with Gasteiger partial charge >= 0.3 is 5.51 Å². The molecule has 1 aromatic heterocycles. The Bertz CT molecular complexity index is 670. The fourth-order valence-corrected chi connectivity index (χ4v) is 2.23. The van der Waals surface area contributed by atoms with Crippen LogP contribution in [0.1, 0.15) is 11.3 Å². The molecule has 0 saturated heterocycles. The highest BCUT2D eigenvalue weighted by Crippen LogP contribution is 2.36. The summed E-state index contributed by atoms with van der Waals surface area (Å²) in [5.74, 6) is -0.301. The average molecular weight is 338 g/mol. The third-order valence-corrected chi connectivity index (χ3v) is 3.45. The number of rotatable bonds is 5. The molecule has 0 spiro atoms. The van der Waals surface area contributed by atoms with Crippen LogP contribution >= 0.6 is 11.8 Å². The van der Waals surface area contributed by atoms with Crippen molar-refractivity contribution in [1.82, 2.24) is 10.3 Å². The number of thioether (sulfide) groups is 1. The number of pyridine rings is 1. The monoisotopic (exact) mass is 338 g/mol. The maximum Gasteiger partial charge on any atom is 0.446 e. The highest BCUT2D eigenvalue weighted by molar-refractivity contribution is 8.00. The van der Waals surface area contributed by atoms with E-state index in [-0.39, 0.29) is 22.6 Å². The molecule has 0 unspecified atom stereocenters. The Labute approximate surface area is 135 Å². The second kappa shape index (κ2) is 7.82. The second-order valence-electron chi connectivity index (χ2n) is 4.49. The van der Waals surface area contributed by atoms with Gasteiger partial charge in [0.15, 0.2) is 0 Å². The minimum atomic E-state index is -4.30. The molecule has 0 saturated carbocycles. The summed E-state index contributed by atoms with van der Waals surface area (Å²) in [6.07, 6.45) is 4.50. The number of hydrogen-bond donors (Lipinski definition) is 1. The van der Waals surface area contributed by atoms with Crippen LogP contribution in [0.4, 0.5) is 13.2 Å². The van der Waals surface area contributed by atoms with E-state index in [4.69, 9.17) is 0 Å². The number of nitrogens with one attached hydrogen (secondary N) is 1. The van der Waals surface area contributed by atoms with Gasteiger partial charge in [-0.25, -0.2) is 0 Å². The second-order valence-corrected chi connectivity index (χ2v) is 5.63. The van der Waals surface area contributed by atoms with Crippen LogP contribution in [-0.4, -0.2) is 16.4 Å². The van der Waals surface area contributed by atoms with Crippen molar-refractivity contribution in [2.45, 2.75) is 16.9 Å². The number of carbonyl (C=O) groups is 1. The first-order valence-electron chi connectivity index (χ1n) is 6.64. The molecule has 1 N–H and O–H groups in total. The van der Waals surface area contributed by atoms with E-state index in [1.54, 1.807) is 18.3 Å². The molecule has 120 valence electrons. The Hall–Kier alpha value is -2.28. The SMILES string of the molecule is O=C(C=Cc1ccc(SC(F)(F)F)cc1)NCc1ccccn1. The van der Waals surface area contributed by atoms with Gasteiger partial charge in [0.1, 0.15) is 0 Å². The van der Waals surface area contributed by atoms with E-state index in [1.807, 2.05) is 6.07 Å². The minimum Gasteiger partial charge on any atom is -0.347 e. The molecular formula is C16H13F3N2OS. The van der Waals surface area contributed by atoms with Gasteiger partial charge in [-0.05, 0) is 47.7 Å². The van der Waals surface area contributed by atoms with Crippen LogP contribution in [0.5, 0.6) is 0 Å². The molecule has 0 aliphatic rings. The standard InChI is InChI=1S/C16H13F3N2OS/c17-16(18,19)23-14-7-4-12(5-8-14)6-9-15(22)21-11-13-3-1-2-10-20-13/h1-10H,11H2,(H,21,22). The lowest BCUT2D eigenvalue weighted by Gasteiger charge is -2.05. The molecule has 0 aliphatic carbocycles. The van der Waals surface area contributed by atoms with E-state index >= 15 is 0 Å². The van der Waals surface area contributed by atoms with E-state index in [9.17, 15) is 18.0 Å². The van der Waals surface area contributed by atoms with Crippen LogP contribution in [0, 0.1) is 0 Å². The maximum absolute atomic E-state index is 12.2. The zero-order chi connectivity index (χ0) is 16.7. The molecule has 0 bridgehead atoms. The quantitative estimate of drug-likeness (QED) is 0.661. The lowest BCUT2D eigenvalue weighted by molar-refractivity contribution is -0.116. The first-order valence-corrected chi connectivity index (χ1v) is 7.46. The van der Waals surface area contributed by atoms with Crippen LogP contribution in [0.3, 0.4) is 0 Å². The smallest absolute Gasteiger partial charge is 0.347 e. The molecule has 1 aromatic carbocycles. The molecule has 7 heteroatoms. The van der Waals surface area contributed by atoms with Crippen molar-refractivity contribution >= 4 is 23.7 Å². The molecule has 2 rings (SSSR count). The summed E-state index contributed by atoms with van der Waals surface area (Å²) in [7, 11) is 0. The van der Waals surface area contributed by atoms with E-state index in [0.717, 1.165) is 5.69 Å². The molecule has 23 heavy (non-hydrogen) atoms. The van der Waals surface area contributed by atoms with Gasteiger partial charge in [-0.15, -0.1) is 0 Å². The van der Waals surface area contributed by atoms with Crippen molar-refractivity contribution in [1.29, 1.82) is 0 Å². The van der Waals surface area contributed by atoms with Gasteiger partial charge in [0.2, 0.25) is 5.91 Å². The maximum atomic E-state index is 12.2. The lowest BCUT2D eigenvalue weighted by atomic mass is 10.2. The summed E-state index contributed by atoms with van der Waals surface area (Å²) >= 11 is -0.171. The Balaban J connectivity index is 1.86. The van der Waals surface area contributed by atoms with Gasteiger partial charge in [-0.2, -0.15) is 13.2 Å². The van der Waals surface area contributed by atoms with Gasteiger partial charge in [0, 0.05) is 17.2 Å². The van der Waals surface area contributed by atoms with Crippen molar-refractivity contribution in [2.75, 3.05) is 0 Å². The summed E-state index contributed by atoms with van der Waals surface area (Å²) in [4.78, 5) is 15.8. The minimum absolute atomic E-state index is 0.106. The van der Waals surface area contributed by atoms with Crippen molar-refractivity contribution < 1.29 is 18.0 Å². The zero-order valence-corrected chi connectivity index (χ0v) is 12.7. The van der Waals surface area contributed by atoms with Crippen molar-refractivity contribution in [3.05, 3.63) is 66.0 Å². The molecule has 1 amide bonds. The van der Waals surface area contributed by atoms with Crippen molar-refractivity contribution in [3.63, 3.8) is 0 Å². The van der Waals surface area contributed by atoms with Crippen LogP contribution in [0.2, 0.25) is 0 Å². The Morgan fingerprint density at radius 3 is 2.52 bits per heavy atom. The molecule has 0 aliphatic heterocycles. The van der Waals surface area contributed by atoms with Gasteiger partial charge < -0.3 is 5.32 Å². The molecule has 1 heterocycles. The predicted octanol–water partition coefficient (Wildman–Crippen LogP) is 4.02. The van der Waals surface area contributed by atoms with Crippen LogP contribution in [0.15, 0.2) is 59.6 Å². The van der Waals surface area contributed by atoms with Gasteiger partial charge in [-0.1, -0.05) is 18.2 Å². The van der Waals surface area contributed by atoms with E-state index in [0.29, 0.717) is 12.1 Å². The number of halogens is 3. The number of carbonyl (C=O) groups excluding carboxylic acids is 1. The van der Waals surface area contributed by atoms with Crippen LogP contribution in [0.25, 0.3) is 6.08 Å². The number of aromatic nitrogens is 1. The Kier molecular flexibility index (Phi) is 5.81. The summed E-state index contributed by atoms with van der Waals surface area (Å²) in [5.41, 5.74) is -2.92. The first-order chi connectivity index (χ1) is 10.9. The Morgan fingerprint density at radius 2 is 1.91 bits per heavy atom. The van der Waals surface area contributed by atoms with Crippen LogP contribution in [-0.2, 0) is 11.3 Å². The molecular weight excluding hydrogens is 325 g/mol. The number of benzene rings is 1. The van der Waals surface area contributed by atoms with Crippen LogP contribution < -0.4 is 5.32 Å². The van der Waals surface area contributed by atoms with E-state index < -0.39 is 5.51 Å². The molecule has 0 atom stereocenters. The van der Waals surface area contributed by atoms with Gasteiger partial charge in [0.05, 0.1) is 12.2 Å². The van der Waals surface area contributed by atoms with E-state index in [1.165, 1.54) is 36.4 Å². The highest BCUT2D eigenvalue weighted by Gasteiger charge is 2.28. The van der Waals surface area contributed by atoms with Crippen molar-refractivity contribution in [3.8, 4) is 0 Å². The first kappa shape index (κ1) is 17.1. The average Bonchev–Trinajstić information content (AvgIpc) is 2.52. The predicted molar refractivity (Wildman–Crippen MR) is 83.5 cm³/mol. The Morgan fingerprint density at radius 1 is 1.17 bits per heavy atom. The number of hydrogen-bond acceptors (Lipinski definition) is 3. The summed E-state index contributed by atoms with van der Waals surface area (Å²) in [6, 6.07) is 11.2. The topological polar surface area (TPSA) is 42.0 Å². The zero-order valence-electron chi connectivity index (χ0n) is 11.9. The summed E-state index contributed by atoms with van der Waals surface area (Å²) in [6.45, 7) is 0.311. The van der Waals surface area contributed by atoms with Crippen molar-refractivity contribution in [2.24, 2.45) is 0 Å². The van der Waals surface area contributed by atoms with Gasteiger partial charge in [0.25, 0.3) is 0 Å². The molecule has 0 fully saturated rings. The third-order valence-electron chi connectivity index (χ3n) is 2.71. The number of nitrogens with zero attached hydrogens (tertiary/aromatic N) is 1. The lowest BCUT2D eigenvalue weighted by Crippen LogP contribution is -2.20. The highest BCUT2D eigenvalue weighted by atomic mass is 32.2. The molecule has 0 radical (unpaired) electrons. The fourth-order valence-electron chi connectivity index (χ4n) is 1.69. The van der Waals surface area contributed by atoms with Gasteiger partial charge in [-0.3, -0.25) is 9.78 Å². The third kappa shape index (κ3) is 6.56. The fraction of sp³-hybridized carbons (Fsp3) is 0.125.